The number of ketones is 1. The third-order valence-electron chi connectivity index (χ3n) is 4.59. The van der Waals surface area contributed by atoms with Gasteiger partial charge in [-0.05, 0) is 55.1 Å². The lowest BCUT2D eigenvalue weighted by molar-refractivity contribution is -0.00326. The van der Waals surface area contributed by atoms with Gasteiger partial charge in [-0.25, -0.2) is 0 Å². The molecule has 0 bridgehead atoms. The molecule has 1 spiro atoms. The molecule has 3 rings (SSSR count). The maximum Gasteiger partial charge on any atom is 0.169 e. The molecule has 0 aromatic heterocycles. The van der Waals surface area contributed by atoms with Gasteiger partial charge in [-0.3, -0.25) is 4.79 Å². The van der Waals surface area contributed by atoms with Crippen molar-refractivity contribution in [2.45, 2.75) is 43.5 Å². The Morgan fingerprint density at radius 1 is 1.24 bits per heavy atom. The molecule has 0 aliphatic heterocycles. The first-order valence-corrected chi connectivity index (χ1v) is 7.96. The molecule has 2 aliphatic carbocycles. The van der Waals surface area contributed by atoms with E-state index in [2.05, 4.69) is 15.9 Å². The van der Waals surface area contributed by atoms with Crippen LogP contribution in [-0.4, -0.2) is 40.7 Å². The average molecular weight is 339 g/mol. The first-order valence-electron chi connectivity index (χ1n) is 7.17. The van der Waals surface area contributed by atoms with Crippen LogP contribution in [0.1, 0.15) is 41.6 Å². The molecule has 6 radical (unpaired) electrons. The zero-order valence-electron chi connectivity index (χ0n) is 11.8. The van der Waals surface area contributed by atoms with Crippen LogP contribution in [0.25, 0.3) is 0 Å². The molecule has 0 N–H and O–H groups in total. The minimum Gasteiger partial charge on any atom is -0.400 e. The Balaban J connectivity index is 1.74. The fourth-order valence-corrected chi connectivity index (χ4v) is 3.96. The van der Waals surface area contributed by atoms with E-state index in [1.54, 1.807) is 0 Å². The largest absolute Gasteiger partial charge is 0.400 e. The summed E-state index contributed by atoms with van der Waals surface area (Å²) in [6, 6.07) is 5.96. The van der Waals surface area contributed by atoms with Crippen molar-refractivity contribution in [1.82, 2.24) is 0 Å². The van der Waals surface area contributed by atoms with Gasteiger partial charge in [0.25, 0.3) is 0 Å². The van der Waals surface area contributed by atoms with Crippen molar-refractivity contribution < 1.29 is 9.53 Å². The minimum absolute atomic E-state index is 0.0705. The summed E-state index contributed by atoms with van der Waals surface area (Å²) in [7, 11) is 16.5. The van der Waals surface area contributed by atoms with Crippen molar-refractivity contribution in [3.63, 3.8) is 0 Å². The summed E-state index contributed by atoms with van der Waals surface area (Å²) < 4.78 is 6.37. The number of halogens is 1. The van der Waals surface area contributed by atoms with Gasteiger partial charge in [-0.15, -0.1) is 0 Å². The van der Waals surface area contributed by atoms with Gasteiger partial charge in [0, 0.05) is 15.5 Å². The van der Waals surface area contributed by atoms with E-state index in [0.29, 0.717) is 0 Å². The second-order valence-electron chi connectivity index (χ2n) is 6.26. The molecule has 0 atom stereocenters. The average Bonchev–Trinajstić information content (AvgIpc) is 2.65. The molecule has 1 fully saturated rings. The molecule has 0 saturated heterocycles. The second kappa shape index (κ2) is 5.31. The van der Waals surface area contributed by atoms with Gasteiger partial charge in [0.1, 0.15) is 0 Å². The van der Waals surface area contributed by atoms with Gasteiger partial charge in [0.15, 0.2) is 5.78 Å². The summed E-state index contributed by atoms with van der Waals surface area (Å²) in [5.74, 6) is 0.261. The number of rotatable bonds is 2. The second-order valence-corrected chi connectivity index (χ2v) is 7.17. The lowest BCUT2D eigenvalue weighted by atomic mass is 9.52. The molecule has 21 heavy (non-hydrogen) atoms. The minimum atomic E-state index is -1.59. The van der Waals surface area contributed by atoms with E-state index in [0.717, 1.165) is 47.7 Å². The van der Waals surface area contributed by atoms with Crippen LogP contribution in [-0.2, 0) is 11.2 Å². The lowest BCUT2D eigenvalue weighted by Crippen LogP contribution is -2.42. The standard InChI is InChI=1S/C15H14B3BrO2/c16-15(17,18)21-11-3-5-14(6-4-11)8-9-1-2-10(19)7-12(9)13(14)20/h1-2,7,11H,3-6,8H2. The molecule has 0 unspecified atom stereocenters. The number of ether oxygens (including phenoxy) is 1. The Morgan fingerprint density at radius 2 is 1.90 bits per heavy atom. The number of hydrogen-bond acceptors (Lipinski definition) is 2. The zero-order valence-corrected chi connectivity index (χ0v) is 13.4. The SMILES string of the molecule is [B]C([B])([B])OC1CCC2(CC1)Cc1ccc(Br)cc1C2=O. The van der Waals surface area contributed by atoms with Crippen LogP contribution in [0.15, 0.2) is 22.7 Å². The van der Waals surface area contributed by atoms with Gasteiger partial charge in [0.05, 0.1) is 29.6 Å². The highest BCUT2D eigenvalue weighted by Crippen LogP contribution is 2.48. The van der Waals surface area contributed by atoms with Crippen molar-refractivity contribution >= 4 is 45.3 Å². The van der Waals surface area contributed by atoms with Crippen LogP contribution in [0.4, 0.5) is 0 Å². The molecular formula is C15H14B3BrO2. The van der Waals surface area contributed by atoms with E-state index in [4.69, 9.17) is 28.3 Å². The Labute approximate surface area is 137 Å². The number of hydrogen-bond donors (Lipinski definition) is 0. The first-order chi connectivity index (χ1) is 9.79. The molecule has 1 aromatic carbocycles. The van der Waals surface area contributed by atoms with Crippen LogP contribution in [0, 0.1) is 5.41 Å². The molecule has 2 nitrogen and oxygen atoms in total. The molecule has 0 amide bonds. The fraction of sp³-hybridized carbons (Fsp3) is 0.533. The van der Waals surface area contributed by atoms with Crippen molar-refractivity contribution in [3.8, 4) is 0 Å². The fourth-order valence-electron chi connectivity index (χ4n) is 3.60. The highest BCUT2D eigenvalue weighted by molar-refractivity contribution is 9.10. The van der Waals surface area contributed by atoms with Crippen LogP contribution in [0.5, 0.6) is 0 Å². The number of Topliss-reactive ketones (excluding diaryl/α,β-unsaturated/α-hetero) is 1. The van der Waals surface area contributed by atoms with Gasteiger partial charge in [-0.1, -0.05) is 22.0 Å². The van der Waals surface area contributed by atoms with E-state index >= 15 is 0 Å². The molecule has 1 aromatic rings. The zero-order chi connectivity index (χ0) is 15.3. The molecule has 0 heterocycles. The summed E-state index contributed by atoms with van der Waals surface area (Å²) in [5, 5.41) is -1.59. The number of fused-ring (bicyclic) bond motifs is 1. The van der Waals surface area contributed by atoms with Gasteiger partial charge in [-0.2, -0.15) is 0 Å². The van der Waals surface area contributed by atoms with Crippen LogP contribution in [0.2, 0.25) is 0 Å². The van der Waals surface area contributed by atoms with Crippen molar-refractivity contribution in [2.75, 3.05) is 0 Å². The Morgan fingerprint density at radius 3 is 2.52 bits per heavy atom. The third-order valence-corrected chi connectivity index (χ3v) is 5.08. The van der Waals surface area contributed by atoms with Crippen molar-refractivity contribution in [1.29, 1.82) is 0 Å². The molecule has 1 saturated carbocycles. The summed E-state index contributed by atoms with van der Waals surface area (Å²) >= 11 is 3.43. The van der Waals surface area contributed by atoms with Gasteiger partial charge < -0.3 is 4.74 Å². The molecular weight excluding hydrogens is 325 g/mol. The highest BCUT2D eigenvalue weighted by atomic mass is 79.9. The maximum atomic E-state index is 12.8. The quantitative estimate of drug-likeness (QED) is 0.773. The predicted molar refractivity (Wildman–Crippen MR) is 87.9 cm³/mol. The topological polar surface area (TPSA) is 26.3 Å². The predicted octanol–water partition coefficient (Wildman–Crippen LogP) is 2.25. The Kier molecular flexibility index (Phi) is 3.90. The maximum absolute atomic E-state index is 12.8. The Hall–Kier alpha value is -0.475. The summed E-state index contributed by atoms with van der Waals surface area (Å²) in [6.07, 6.45) is 3.85. The first kappa shape index (κ1) is 15.4. The van der Waals surface area contributed by atoms with Gasteiger partial charge >= 0.3 is 0 Å². The van der Waals surface area contributed by atoms with E-state index < -0.39 is 5.30 Å². The van der Waals surface area contributed by atoms with E-state index in [1.807, 2.05) is 18.2 Å². The summed E-state index contributed by atoms with van der Waals surface area (Å²) in [6.45, 7) is 0. The number of benzene rings is 1. The van der Waals surface area contributed by atoms with Crippen LogP contribution < -0.4 is 0 Å². The van der Waals surface area contributed by atoms with E-state index in [-0.39, 0.29) is 17.3 Å². The van der Waals surface area contributed by atoms with E-state index in [1.165, 1.54) is 0 Å². The van der Waals surface area contributed by atoms with Crippen molar-refractivity contribution in [2.24, 2.45) is 5.41 Å². The smallest absolute Gasteiger partial charge is 0.169 e. The third kappa shape index (κ3) is 3.02. The van der Waals surface area contributed by atoms with Crippen LogP contribution in [0.3, 0.4) is 0 Å². The normalized spacial score (nSPS) is 28.8. The van der Waals surface area contributed by atoms with Gasteiger partial charge in [0.2, 0.25) is 0 Å². The highest BCUT2D eigenvalue weighted by Gasteiger charge is 2.47. The summed E-state index contributed by atoms with van der Waals surface area (Å²) in [4.78, 5) is 12.8. The lowest BCUT2D eigenvalue weighted by Gasteiger charge is -2.39. The molecule has 102 valence electrons. The van der Waals surface area contributed by atoms with E-state index in [9.17, 15) is 4.79 Å². The number of carbonyl (C=O) groups excluding carboxylic acids is 1. The van der Waals surface area contributed by atoms with Crippen LogP contribution >= 0.6 is 15.9 Å². The number of carbonyl (C=O) groups is 1. The Bertz CT molecular complexity index is 575. The molecule has 6 heteroatoms. The van der Waals surface area contributed by atoms with Crippen molar-refractivity contribution in [3.05, 3.63) is 33.8 Å². The summed E-state index contributed by atoms with van der Waals surface area (Å²) in [5.41, 5.74) is 1.73. The monoisotopic (exact) mass is 338 g/mol. The molecule has 2 aliphatic rings.